The van der Waals surface area contributed by atoms with Gasteiger partial charge in [0.25, 0.3) is 5.56 Å². The van der Waals surface area contributed by atoms with E-state index in [1.54, 1.807) is 16.4 Å². The van der Waals surface area contributed by atoms with E-state index in [9.17, 15) is 4.79 Å². The molecule has 3 heterocycles. The summed E-state index contributed by atoms with van der Waals surface area (Å²) in [7, 11) is 1.70. The lowest BCUT2D eigenvalue weighted by molar-refractivity contribution is 0.138. The normalized spacial score (nSPS) is 11.6. The summed E-state index contributed by atoms with van der Waals surface area (Å²) in [6.45, 7) is 7.98. The number of hydrogen-bond acceptors (Lipinski definition) is 8. The van der Waals surface area contributed by atoms with Gasteiger partial charge in [0.1, 0.15) is 28.2 Å². The van der Waals surface area contributed by atoms with Crippen LogP contribution in [0.4, 0.5) is 5.82 Å². The molecular formula is C29H32IN7O3. The Kier molecular flexibility index (Phi) is 8.62. The summed E-state index contributed by atoms with van der Waals surface area (Å²) in [5.74, 6) is 1.01. The molecule has 208 valence electrons. The van der Waals surface area contributed by atoms with Gasteiger partial charge in [0.2, 0.25) is 0 Å². The number of halogens is 1. The minimum atomic E-state index is -0.114. The lowest BCUT2D eigenvalue weighted by Gasteiger charge is -2.22. The van der Waals surface area contributed by atoms with Crippen molar-refractivity contribution >= 4 is 50.2 Å². The molecule has 2 N–H and O–H groups in total. The molecule has 40 heavy (non-hydrogen) atoms. The number of aryl methyl sites for hydroxylation is 1. The molecule has 0 spiro atoms. The fourth-order valence-electron chi connectivity index (χ4n) is 4.92. The van der Waals surface area contributed by atoms with Crippen LogP contribution in [-0.4, -0.2) is 69.2 Å². The molecule has 0 saturated carbocycles. The highest BCUT2D eigenvalue weighted by molar-refractivity contribution is 14.1. The van der Waals surface area contributed by atoms with E-state index in [0.29, 0.717) is 57.1 Å². The van der Waals surface area contributed by atoms with E-state index in [4.69, 9.17) is 20.3 Å². The molecule has 2 aromatic carbocycles. The number of fused-ring (bicyclic) bond motifs is 2. The highest BCUT2D eigenvalue weighted by Gasteiger charge is 2.19. The molecule has 10 nitrogen and oxygen atoms in total. The minimum absolute atomic E-state index is 0.114. The Balaban J connectivity index is 1.60. The highest BCUT2D eigenvalue weighted by atomic mass is 127. The number of benzene rings is 2. The summed E-state index contributed by atoms with van der Waals surface area (Å²) in [6.07, 6.45) is 1.43. The van der Waals surface area contributed by atoms with Gasteiger partial charge in [-0.25, -0.2) is 14.6 Å². The Morgan fingerprint density at radius 1 is 1.05 bits per heavy atom. The molecule has 0 amide bonds. The molecule has 0 aliphatic heterocycles. The quantitative estimate of drug-likeness (QED) is 0.213. The number of methoxy groups -OCH3 is 1. The molecule has 0 aliphatic carbocycles. The van der Waals surface area contributed by atoms with Crippen LogP contribution in [0.2, 0.25) is 0 Å². The number of nitrogens with zero attached hydrogens (tertiary/aromatic N) is 6. The summed E-state index contributed by atoms with van der Waals surface area (Å²) in [5.41, 5.74) is 8.96. The third kappa shape index (κ3) is 5.54. The standard InChI is InChI=1S/C29H32IN7O3/c1-4-35(12-14-39-3)13-15-40-23-11-6-5-10-22(23)37-21(16-20-9-7-8-19(2)24(20)29(37)38)17-36-28-25(26(30)34-36)27(31)32-18-33-28/h5-11,16,18H,4,12-15,17H2,1-3H3,(H2,31,32,33). The van der Waals surface area contributed by atoms with E-state index in [2.05, 4.69) is 44.4 Å². The van der Waals surface area contributed by atoms with E-state index in [0.717, 1.165) is 36.3 Å². The fraction of sp³-hybridized carbons (Fsp3) is 0.310. The third-order valence-electron chi connectivity index (χ3n) is 6.99. The maximum Gasteiger partial charge on any atom is 0.263 e. The monoisotopic (exact) mass is 653 g/mol. The van der Waals surface area contributed by atoms with Crippen LogP contribution in [0.1, 0.15) is 18.2 Å². The molecule has 0 bridgehead atoms. The van der Waals surface area contributed by atoms with E-state index in [1.807, 2.05) is 55.5 Å². The molecule has 0 radical (unpaired) electrons. The van der Waals surface area contributed by atoms with E-state index >= 15 is 0 Å². The van der Waals surface area contributed by atoms with Crippen molar-refractivity contribution in [1.82, 2.24) is 29.2 Å². The number of likely N-dealkylation sites (N-methyl/N-ethyl adjacent to an activating group) is 1. The number of ether oxygens (including phenoxy) is 2. The van der Waals surface area contributed by atoms with Gasteiger partial charge in [0.15, 0.2) is 5.65 Å². The Morgan fingerprint density at radius 3 is 2.65 bits per heavy atom. The summed E-state index contributed by atoms with van der Waals surface area (Å²) < 4.78 is 15.7. The van der Waals surface area contributed by atoms with Crippen molar-refractivity contribution in [1.29, 1.82) is 0 Å². The largest absolute Gasteiger partial charge is 0.490 e. The van der Waals surface area contributed by atoms with Gasteiger partial charge in [-0.3, -0.25) is 14.3 Å². The second-order valence-corrected chi connectivity index (χ2v) is 10.5. The van der Waals surface area contributed by atoms with Crippen LogP contribution in [0.15, 0.2) is 59.7 Å². The molecule has 0 saturated heterocycles. The van der Waals surface area contributed by atoms with Crippen LogP contribution in [0.3, 0.4) is 0 Å². The third-order valence-corrected chi connectivity index (χ3v) is 7.74. The van der Waals surface area contributed by atoms with Gasteiger partial charge < -0.3 is 15.2 Å². The van der Waals surface area contributed by atoms with Gasteiger partial charge in [0, 0.05) is 25.9 Å². The van der Waals surface area contributed by atoms with Crippen LogP contribution < -0.4 is 16.0 Å². The van der Waals surface area contributed by atoms with Crippen molar-refractivity contribution in [3.05, 3.63) is 80.2 Å². The first-order chi connectivity index (χ1) is 19.4. The van der Waals surface area contributed by atoms with Crippen molar-refractivity contribution in [2.24, 2.45) is 0 Å². The fourth-order valence-corrected chi connectivity index (χ4v) is 5.69. The van der Waals surface area contributed by atoms with Gasteiger partial charge in [-0.1, -0.05) is 37.3 Å². The maximum atomic E-state index is 14.2. The smallest absolute Gasteiger partial charge is 0.263 e. The Labute approximate surface area is 245 Å². The molecule has 5 rings (SSSR count). The van der Waals surface area contributed by atoms with Gasteiger partial charge in [0.05, 0.1) is 29.6 Å². The first-order valence-corrected chi connectivity index (χ1v) is 14.2. The summed E-state index contributed by atoms with van der Waals surface area (Å²) in [4.78, 5) is 25.0. The van der Waals surface area contributed by atoms with Crippen LogP contribution in [0.5, 0.6) is 5.75 Å². The Bertz CT molecular complexity index is 1720. The first kappa shape index (κ1) is 28.0. The van der Waals surface area contributed by atoms with Crippen LogP contribution >= 0.6 is 22.6 Å². The van der Waals surface area contributed by atoms with Gasteiger partial charge in [-0.2, -0.15) is 5.10 Å². The predicted octanol–water partition coefficient (Wildman–Crippen LogP) is 4.02. The molecule has 0 atom stereocenters. The Hall–Kier alpha value is -3.55. The summed E-state index contributed by atoms with van der Waals surface area (Å²) >= 11 is 2.14. The number of aromatic nitrogens is 5. The van der Waals surface area contributed by atoms with Crippen molar-refractivity contribution in [3.63, 3.8) is 0 Å². The average Bonchev–Trinajstić information content (AvgIpc) is 3.27. The molecule has 3 aromatic heterocycles. The first-order valence-electron chi connectivity index (χ1n) is 13.1. The number of hydrogen-bond donors (Lipinski definition) is 1. The summed E-state index contributed by atoms with van der Waals surface area (Å²) in [6, 6.07) is 15.6. The number of pyridine rings is 1. The van der Waals surface area contributed by atoms with E-state index in [1.165, 1.54) is 6.33 Å². The molecule has 0 unspecified atom stereocenters. The SMILES string of the molecule is CCN(CCOC)CCOc1ccccc1-n1c(Cn2nc(I)c3c(N)ncnc32)cc2cccc(C)c2c1=O. The lowest BCUT2D eigenvalue weighted by atomic mass is 10.1. The lowest BCUT2D eigenvalue weighted by Crippen LogP contribution is -2.31. The molecule has 5 aromatic rings. The molecule has 0 aliphatic rings. The van der Waals surface area contributed by atoms with E-state index in [-0.39, 0.29) is 5.56 Å². The maximum absolute atomic E-state index is 14.2. The minimum Gasteiger partial charge on any atom is -0.490 e. The zero-order valence-electron chi connectivity index (χ0n) is 22.8. The van der Waals surface area contributed by atoms with E-state index < -0.39 is 0 Å². The topological polar surface area (TPSA) is 113 Å². The number of nitrogen functional groups attached to an aromatic ring is 1. The van der Waals surface area contributed by atoms with Gasteiger partial charge in [-0.15, -0.1) is 0 Å². The average molecular weight is 654 g/mol. The van der Waals surface area contributed by atoms with Crippen LogP contribution in [-0.2, 0) is 11.3 Å². The van der Waals surface area contributed by atoms with Gasteiger partial charge >= 0.3 is 0 Å². The number of rotatable bonds is 11. The summed E-state index contributed by atoms with van der Waals surface area (Å²) in [5, 5.41) is 6.93. The zero-order valence-corrected chi connectivity index (χ0v) is 25.0. The number of nitrogens with two attached hydrogens (primary N) is 1. The van der Waals surface area contributed by atoms with Crippen LogP contribution in [0, 0.1) is 10.6 Å². The van der Waals surface area contributed by atoms with Gasteiger partial charge in [-0.05, 0) is 65.2 Å². The highest BCUT2D eigenvalue weighted by Crippen LogP contribution is 2.28. The second-order valence-electron chi connectivity index (χ2n) is 9.46. The zero-order chi connectivity index (χ0) is 28.2. The van der Waals surface area contributed by atoms with Crippen molar-refractivity contribution in [3.8, 4) is 11.4 Å². The molecular weight excluding hydrogens is 621 g/mol. The Morgan fingerprint density at radius 2 is 1.85 bits per heavy atom. The number of anilines is 1. The predicted molar refractivity (Wildman–Crippen MR) is 165 cm³/mol. The van der Waals surface area contributed by atoms with Crippen molar-refractivity contribution < 1.29 is 9.47 Å². The molecule has 0 fully saturated rings. The van der Waals surface area contributed by atoms with Crippen molar-refractivity contribution in [2.75, 3.05) is 45.7 Å². The second kappa shape index (κ2) is 12.3. The van der Waals surface area contributed by atoms with Crippen LogP contribution in [0.25, 0.3) is 27.5 Å². The number of para-hydroxylation sites is 2. The molecule has 11 heteroatoms. The van der Waals surface area contributed by atoms with Crippen molar-refractivity contribution in [2.45, 2.75) is 20.4 Å².